The maximum Gasteiger partial charge on any atom is 0.413 e. The van der Waals surface area contributed by atoms with Gasteiger partial charge in [0, 0.05) is 23.4 Å². The van der Waals surface area contributed by atoms with Gasteiger partial charge >= 0.3 is 12.6 Å². The summed E-state index contributed by atoms with van der Waals surface area (Å²) in [5.41, 5.74) is 5.85. The topological polar surface area (TPSA) is 92.4 Å². The monoisotopic (exact) mass is 434 g/mol. The lowest BCUT2D eigenvalue weighted by Crippen LogP contribution is -2.25. The molecule has 1 rings (SSSR count). The summed E-state index contributed by atoms with van der Waals surface area (Å²) in [6, 6.07) is 6.58. The minimum absolute atomic E-state index is 0.205. The van der Waals surface area contributed by atoms with Gasteiger partial charge in [-0.25, -0.2) is 4.79 Å². The highest BCUT2D eigenvalue weighted by Crippen LogP contribution is 2.52. The third-order valence-corrected chi connectivity index (χ3v) is 5.34. The van der Waals surface area contributed by atoms with Crippen molar-refractivity contribution in [1.29, 1.82) is 0 Å². The van der Waals surface area contributed by atoms with E-state index in [2.05, 4.69) is 9.50 Å². The molecule has 0 bridgehead atoms. The molecule has 0 aliphatic heterocycles. The predicted octanol–water partition coefficient (Wildman–Crippen LogP) is 4.21. The van der Waals surface area contributed by atoms with E-state index < -0.39 is 18.8 Å². The quantitative estimate of drug-likeness (QED) is 0.106. The highest BCUT2D eigenvalue weighted by molar-refractivity contribution is 8.09. The van der Waals surface area contributed by atoms with E-state index in [1.165, 1.54) is 13.3 Å². The van der Waals surface area contributed by atoms with Crippen LogP contribution < -0.4 is 10.3 Å². The summed E-state index contributed by atoms with van der Waals surface area (Å²) in [6.07, 6.45) is 3.62. The van der Waals surface area contributed by atoms with Crippen molar-refractivity contribution in [3.8, 4) is 5.75 Å². The van der Waals surface area contributed by atoms with E-state index in [4.69, 9.17) is 42.9 Å². The molecule has 27 heavy (non-hydrogen) atoms. The normalized spacial score (nSPS) is 15.2. The van der Waals surface area contributed by atoms with Crippen LogP contribution in [0.1, 0.15) is 26.7 Å². The number of nitrogens with two attached hydrogens (primary N) is 1. The van der Waals surface area contributed by atoms with Crippen LogP contribution in [0.2, 0.25) is 5.02 Å². The van der Waals surface area contributed by atoms with Gasteiger partial charge in [-0.3, -0.25) is 0 Å². The number of carbonyl (C=O) groups is 1. The Kier molecular flexibility index (Phi) is 10.6. The maximum absolute atomic E-state index is 11.4. The van der Waals surface area contributed by atoms with Gasteiger partial charge in [0.1, 0.15) is 17.7 Å². The summed E-state index contributed by atoms with van der Waals surface area (Å²) in [5, 5.41) is 0.549. The van der Waals surface area contributed by atoms with Crippen LogP contribution in [0, 0.1) is 0 Å². The van der Waals surface area contributed by atoms with Crippen LogP contribution in [0.15, 0.2) is 40.9 Å². The molecule has 0 heterocycles. The van der Waals surface area contributed by atoms with Gasteiger partial charge in [-0.05, 0) is 37.6 Å². The van der Waals surface area contributed by atoms with E-state index in [9.17, 15) is 4.79 Å². The van der Waals surface area contributed by atoms with Crippen LogP contribution in [0.3, 0.4) is 0 Å². The highest BCUT2D eigenvalue weighted by Gasteiger charge is 2.22. The molecule has 0 amide bonds. The Balaban J connectivity index is 2.96. The second-order valence-corrected chi connectivity index (χ2v) is 8.69. The lowest BCUT2D eigenvalue weighted by Gasteiger charge is -2.20. The zero-order chi connectivity index (χ0) is 20.3. The fraction of sp³-hybridized carbons (Fsp3) is 0.412. The van der Waals surface area contributed by atoms with E-state index in [0.717, 1.165) is 18.9 Å². The van der Waals surface area contributed by atoms with Gasteiger partial charge in [-0.15, -0.1) is 0 Å². The first-order chi connectivity index (χ1) is 12.8. The van der Waals surface area contributed by atoms with Crippen LogP contribution in [-0.2, 0) is 30.6 Å². The Hall–Kier alpha value is -1.44. The Morgan fingerprint density at radius 1 is 1.41 bits per heavy atom. The number of esters is 1. The van der Waals surface area contributed by atoms with Crippen molar-refractivity contribution in [3.05, 3.63) is 41.1 Å². The fourth-order valence-corrected chi connectivity index (χ4v) is 3.81. The predicted molar refractivity (Wildman–Crippen MR) is 111 cm³/mol. The third-order valence-electron chi connectivity index (χ3n) is 2.98. The molecule has 0 aliphatic carbocycles. The van der Waals surface area contributed by atoms with Gasteiger partial charge in [0.2, 0.25) is 0 Å². The van der Waals surface area contributed by atoms with E-state index in [0.29, 0.717) is 17.4 Å². The van der Waals surface area contributed by atoms with Crippen molar-refractivity contribution >= 4 is 42.2 Å². The molecule has 2 unspecified atom stereocenters. The van der Waals surface area contributed by atoms with Gasteiger partial charge in [-0.2, -0.15) is 4.76 Å². The first-order valence-electron chi connectivity index (χ1n) is 8.22. The molecule has 1 aromatic rings. The molecular weight excluding hydrogens is 411 g/mol. The molecule has 0 radical (unpaired) electrons. The third kappa shape index (κ3) is 9.89. The summed E-state index contributed by atoms with van der Waals surface area (Å²) in [6.45, 7) is 0.859. The van der Waals surface area contributed by atoms with Crippen LogP contribution >= 0.6 is 18.2 Å². The van der Waals surface area contributed by atoms with Crippen molar-refractivity contribution in [2.75, 3.05) is 13.7 Å². The van der Waals surface area contributed by atoms with Crippen molar-refractivity contribution in [1.82, 2.24) is 0 Å². The number of halogens is 1. The number of carbonyl (C=O) groups excluding carboxylic acids is 1. The number of ether oxygens (including phenoxy) is 2. The molecule has 0 spiro atoms. The minimum atomic E-state index is -3.25. The number of hydrogen-bond donors (Lipinski definition) is 1. The summed E-state index contributed by atoms with van der Waals surface area (Å²) >= 11 is 11.3. The molecule has 150 valence electrons. The molecule has 2 atom stereocenters. The number of nitrogens with zero attached hydrogens (tertiary/aromatic N) is 1. The van der Waals surface area contributed by atoms with E-state index in [1.54, 1.807) is 31.2 Å². The summed E-state index contributed by atoms with van der Waals surface area (Å²) in [4.78, 5) is 11.4. The lowest BCUT2D eigenvalue weighted by atomic mass is 10.3. The minimum Gasteiger partial charge on any atom is -0.466 e. The maximum atomic E-state index is 11.4. The molecular formula is C17H24ClN2O5PS. The largest absolute Gasteiger partial charge is 0.466 e. The Morgan fingerprint density at radius 3 is 2.67 bits per heavy atom. The lowest BCUT2D eigenvalue weighted by molar-refractivity contribution is -0.135. The first kappa shape index (κ1) is 23.6. The number of hydrogen-bond acceptors (Lipinski definition) is 7. The number of rotatable bonds is 11. The molecule has 10 heteroatoms. The number of benzene rings is 1. The van der Waals surface area contributed by atoms with Crippen molar-refractivity contribution in [2.45, 2.75) is 32.9 Å². The molecule has 0 fully saturated rings. The highest BCUT2D eigenvalue weighted by atomic mass is 35.5. The summed E-state index contributed by atoms with van der Waals surface area (Å²) in [7, 11) is 1.26. The van der Waals surface area contributed by atoms with Crippen molar-refractivity contribution < 1.29 is 23.3 Å². The number of unbranched alkanes of at least 4 members (excludes halogenated alkanes) is 1. The van der Waals surface area contributed by atoms with Crippen LogP contribution in [0.5, 0.6) is 5.75 Å². The zero-order valence-electron chi connectivity index (χ0n) is 15.5. The number of allylic oxidation sites excluding steroid dienone is 1. The Labute approximate surface area is 169 Å². The second kappa shape index (κ2) is 12.1. The molecule has 2 N–H and O–H groups in total. The zero-order valence-corrected chi connectivity index (χ0v) is 17.9. The Bertz CT molecular complexity index is 712. The Morgan fingerprint density at radius 2 is 2.07 bits per heavy atom. The van der Waals surface area contributed by atoms with E-state index in [-0.39, 0.29) is 5.76 Å². The molecule has 0 saturated heterocycles. The molecule has 1 aromatic carbocycles. The van der Waals surface area contributed by atoms with Gasteiger partial charge in [0.25, 0.3) is 0 Å². The van der Waals surface area contributed by atoms with Gasteiger partial charge in [-0.1, -0.05) is 24.9 Å². The van der Waals surface area contributed by atoms with Crippen LogP contribution in [-0.4, -0.2) is 32.1 Å². The summed E-state index contributed by atoms with van der Waals surface area (Å²) in [5.74, 6) is 0.0483. The average Bonchev–Trinajstić information content (AvgIpc) is 2.62. The standard InChI is InChI=1S/C17H24ClN2O5PS/c1-4-5-10-23-16(19)12-20-26(27,24-13(2)11-17(21)22-3)25-15-8-6-14(18)7-9-15/h6-9,11-12,16H,4-5,10,19H2,1-3H3. The SMILES string of the molecule is CCCCOC(N)C=NP(=S)(OC(C)=CC(=O)OC)Oc1ccc(Cl)cc1. The van der Waals surface area contributed by atoms with Gasteiger partial charge < -0.3 is 24.3 Å². The van der Waals surface area contributed by atoms with Gasteiger partial charge in [0.15, 0.2) is 0 Å². The second-order valence-electron chi connectivity index (χ2n) is 5.34. The molecule has 0 saturated carbocycles. The number of methoxy groups -OCH3 is 1. The van der Waals surface area contributed by atoms with E-state index in [1.807, 2.05) is 6.92 Å². The van der Waals surface area contributed by atoms with Crippen LogP contribution in [0.25, 0.3) is 0 Å². The first-order valence-corrected chi connectivity index (χ1v) is 11.2. The smallest absolute Gasteiger partial charge is 0.413 e. The van der Waals surface area contributed by atoms with Crippen LogP contribution in [0.4, 0.5) is 0 Å². The average molecular weight is 435 g/mol. The molecule has 7 nitrogen and oxygen atoms in total. The molecule has 0 aromatic heterocycles. The van der Waals surface area contributed by atoms with E-state index >= 15 is 0 Å². The van der Waals surface area contributed by atoms with Crippen molar-refractivity contribution in [2.24, 2.45) is 10.5 Å². The van der Waals surface area contributed by atoms with Crippen molar-refractivity contribution in [3.63, 3.8) is 0 Å². The fourth-order valence-electron chi connectivity index (χ4n) is 1.68. The van der Waals surface area contributed by atoms with Gasteiger partial charge in [0.05, 0.1) is 19.4 Å². The molecule has 0 aliphatic rings. The summed E-state index contributed by atoms with van der Waals surface area (Å²) < 4.78 is 25.6.